The Bertz CT molecular complexity index is 829. The van der Waals surface area contributed by atoms with E-state index >= 15 is 0 Å². The van der Waals surface area contributed by atoms with Crippen molar-refractivity contribution in [2.24, 2.45) is 0 Å². The van der Waals surface area contributed by atoms with Crippen molar-refractivity contribution < 1.29 is 14.4 Å². The fourth-order valence-electron chi connectivity index (χ4n) is 2.86. The molecule has 0 N–H and O–H groups in total. The van der Waals surface area contributed by atoms with E-state index in [1.807, 2.05) is 0 Å². The maximum atomic E-state index is 12.9. The smallest absolute Gasteiger partial charge is 0.270 e. The zero-order valence-corrected chi connectivity index (χ0v) is 14.0. The third-order valence-electron chi connectivity index (χ3n) is 4.22. The molecule has 0 atom stereocenters. The molecule has 25 heavy (non-hydrogen) atoms. The van der Waals surface area contributed by atoms with Gasteiger partial charge in [0.15, 0.2) is 0 Å². The second-order valence-electron chi connectivity index (χ2n) is 5.82. The SMILES string of the molecule is COCCn1c(CN2CCOCC2)nc2ccc([N+](=O)[O-])cc2c1=O. The van der Waals surface area contributed by atoms with Crippen LogP contribution in [0.1, 0.15) is 5.82 Å². The molecular weight excluding hydrogens is 328 g/mol. The lowest BCUT2D eigenvalue weighted by atomic mass is 10.2. The summed E-state index contributed by atoms with van der Waals surface area (Å²) in [5.74, 6) is 0.630. The van der Waals surface area contributed by atoms with Crippen molar-refractivity contribution in [1.29, 1.82) is 0 Å². The highest BCUT2D eigenvalue weighted by Crippen LogP contribution is 2.18. The van der Waals surface area contributed by atoms with Crippen molar-refractivity contribution in [3.63, 3.8) is 0 Å². The molecule has 2 aromatic rings. The van der Waals surface area contributed by atoms with Crippen molar-refractivity contribution in [2.45, 2.75) is 13.1 Å². The van der Waals surface area contributed by atoms with Gasteiger partial charge in [-0.3, -0.25) is 24.4 Å². The number of fused-ring (bicyclic) bond motifs is 1. The third-order valence-corrected chi connectivity index (χ3v) is 4.22. The van der Waals surface area contributed by atoms with Gasteiger partial charge in [-0.15, -0.1) is 0 Å². The van der Waals surface area contributed by atoms with E-state index in [0.717, 1.165) is 13.1 Å². The maximum Gasteiger partial charge on any atom is 0.270 e. The van der Waals surface area contributed by atoms with E-state index in [0.29, 0.717) is 44.3 Å². The van der Waals surface area contributed by atoms with Gasteiger partial charge in [0.2, 0.25) is 0 Å². The van der Waals surface area contributed by atoms with Crippen LogP contribution in [0.5, 0.6) is 0 Å². The molecule has 1 aliphatic heterocycles. The van der Waals surface area contributed by atoms with Gasteiger partial charge in [0, 0.05) is 32.3 Å². The van der Waals surface area contributed by atoms with Gasteiger partial charge in [-0.2, -0.15) is 0 Å². The normalized spacial score (nSPS) is 15.6. The first-order valence-corrected chi connectivity index (χ1v) is 8.07. The van der Waals surface area contributed by atoms with Crippen molar-refractivity contribution in [2.75, 3.05) is 40.0 Å². The van der Waals surface area contributed by atoms with Gasteiger partial charge in [-0.05, 0) is 6.07 Å². The molecule has 1 fully saturated rings. The zero-order valence-electron chi connectivity index (χ0n) is 14.0. The predicted octanol–water partition coefficient (Wildman–Crippen LogP) is 0.783. The summed E-state index contributed by atoms with van der Waals surface area (Å²) in [5.41, 5.74) is 0.0622. The first-order chi connectivity index (χ1) is 12.1. The lowest BCUT2D eigenvalue weighted by Crippen LogP contribution is -2.38. The maximum absolute atomic E-state index is 12.9. The van der Waals surface area contributed by atoms with Gasteiger partial charge in [0.25, 0.3) is 11.2 Å². The molecule has 0 radical (unpaired) electrons. The second kappa shape index (κ2) is 7.68. The first-order valence-electron chi connectivity index (χ1n) is 8.07. The van der Waals surface area contributed by atoms with Crippen LogP contribution in [0, 0.1) is 10.1 Å². The van der Waals surface area contributed by atoms with Gasteiger partial charge in [0.1, 0.15) is 5.82 Å². The monoisotopic (exact) mass is 348 g/mol. The average Bonchev–Trinajstić information content (AvgIpc) is 2.62. The number of methoxy groups -OCH3 is 1. The predicted molar refractivity (Wildman–Crippen MR) is 90.6 cm³/mol. The van der Waals surface area contributed by atoms with Crippen LogP contribution >= 0.6 is 0 Å². The Balaban J connectivity index is 2.05. The Morgan fingerprint density at radius 1 is 1.36 bits per heavy atom. The van der Waals surface area contributed by atoms with Crippen molar-refractivity contribution in [3.8, 4) is 0 Å². The Morgan fingerprint density at radius 2 is 2.12 bits per heavy atom. The van der Waals surface area contributed by atoms with E-state index < -0.39 is 4.92 Å². The molecule has 0 bridgehead atoms. The van der Waals surface area contributed by atoms with Gasteiger partial charge in [-0.25, -0.2) is 4.98 Å². The highest BCUT2D eigenvalue weighted by Gasteiger charge is 2.18. The molecule has 1 aromatic carbocycles. The summed E-state index contributed by atoms with van der Waals surface area (Å²) < 4.78 is 12.0. The Morgan fingerprint density at radius 3 is 2.80 bits per heavy atom. The fraction of sp³-hybridized carbons (Fsp3) is 0.500. The van der Waals surface area contributed by atoms with Crippen LogP contribution in [-0.4, -0.2) is 59.4 Å². The summed E-state index contributed by atoms with van der Waals surface area (Å²) in [6.45, 7) is 4.09. The van der Waals surface area contributed by atoms with Gasteiger partial charge in [-0.1, -0.05) is 0 Å². The molecular formula is C16H20N4O5. The number of non-ortho nitro benzene ring substituents is 1. The fourth-order valence-corrected chi connectivity index (χ4v) is 2.86. The minimum atomic E-state index is -0.514. The molecule has 1 aromatic heterocycles. The summed E-state index contributed by atoms with van der Waals surface area (Å²) >= 11 is 0. The Kier molecular flexibility index (Phi) is 5.37. The molecule has 3 rings (SSSR count). The van der Waals surface area contributed by atoms with E-state index in [2.05, 4.69) is 9.88 Å². The highest BCUT2D eigenvalue weighted by atomic mass is 16.6. The molecule has 134 valence electrons. The first kappa shape index (κ1) is 17.5. The van der Waals surface area contributed by atoms with Gasteiger partial charge < -0.3 is 9.47 Å². The van der Waals surface area contributed by atoms with Crippen LogP contribution in [0.2, 0.25) is 0 Å². The van der Waals surface area contributed by atoms with E-state index in [1.165, 1.54) is 18.2 Å². The number of hydrogen-bond acceptors (Lipinski definition) is 7. The molecule has 0 amide bonds. The van der Waals surface area contributed by atoms with Gasteiger partial charge in [0.05, 0.1) is 48.7 Å². The van der Waals surface area contributed by atoms with Crippen molar-refractivity contribution >= 4 is 16.6 Å². The minimum Gasteiger partial charge on any atom is -0.383 e. The van der Waals surface area contributed by atoms with E-state index in [9.17, 15) is 14.9 Å². The van der Waals surface area contributed by atoms with Crippen LogP contribution in [0.4, 0.5) is 5.69 Å². The van der Waals surface area contributed by atoms with Crippen molar-refractivity contribution in [1.82, 2.24) is 14.5 Å². The van der Waals surface area contributed by atoms with Crippen LogP contribution in [0.15, 0.2) is 23.0 Å². The van der Waals surface area contributed by atoms with E-state index in [4.69, 9.17) is 9.47 Å². The third kappa shape index (κ3) is 3.84. The molecule has 1 aliphatic rings. The highest BCUT2D eigenvalue weighted by molar-refractivity contribution is 5.80. The average molecular weight is 348 g/mol. The summed E-state index contributed by atoms with van der Waals surface area (Å²) in [4.78, 5) is 30.1. The number of aromatic nitrogens is 2. The van der Waals surface area contributed by atoms with Gasteiger partial charge >= 0.3 is 0 Å². The second-order valence-corrected chi connectivity index (χ2v) is 5.82. The molecule has 2 heterocycles. The number of ether oxygens (including phenoxy) is 2. The summed E-state index contributed by atoms with van der Waals surface area (Å²) in [6, 6.07) is 4.18. The van der Waals surface area contributed by atoms with Crippen molar-refractivity contribution in [3.05, 3.63) is 44.5 Å². The molecule has 9 heteroatoms. The van der Waals surface area contributed by atoms with Crippen LogP contribution in [-0.2, 0) is 22.6 Å². The molecule has 1 saturated heterocycles. The molecule has 0 aliphatic carbocycles. The largest absolute Gasteiger partial charge is 0.383 e. The molecule has 0 saturated carbocycles. The number of nitro groups is 1. The number of benzene rings is 1. The lowest BCUT2D eigenvalue weighted by Gasteiger charge is -2.27. The summed E-state index contributed by atoms with van der Waals surface area (Å²) in [5, 5.41) is 11.2. The van der Waals surface area contributed by atoms with E-state index in [-0.39, 0.29) is 16.6 Å². The standard InChI is InChI=1S/C16H20N4O5/c1-24-7-6-19-15(11-18-4-8-25-9-5-18)17-14-3-2-12(20(22)23)10-13(14)16(19)21/h2-3,10H,4-9,11H2,1H3. The number of rotatable bonds is 6. The molecule has 0 unspecified atom stereocenters. The lowest BCUT2D eigenvalue weighted by molar-refractivity contribution is -0.384. The number of nitrogens with zero attached hydrogens (tertiary/aromatic N) is 4. The van der Waals surface area contributed by atoms with Crippen LogP contribution < -0.4 is 5.56 Å². The van der Waals surface area contributed by atoms with E-state index in [1.54, 1.807) is 11.7 Å². The number of nitro benzene ring substituents is 1. The zero-order chi connectivity index (χ0) is 17.8. The van der Waals surface area contributed by atoms with Crippen LogP contribution in [0.3, 0.4) is 0 Å². The van der Waals surface area contributed by atoms with Crippen LogP contribution in [0.25, 0.3) is 10.9 Å². The molecule has 9 nitrogen and oxygen atoms in total. The Hall–Kier alpha value is -2.36. The number of morpholine rings is 1. The topological polar surface area (TPSA) is 99.7 Å². The quantitative estimate of drug-likeness (QED) is 0.562. The molecule has 0 spiro atoms. The summed E-state index contributed by atoms with van der Waals surface area (Å²) in [6.07, 6.45) is 0. The summed E-state index contributed by atoms with van der Waals surface area (Å²) in [7, 11) is 1.56. The minimum absolute atomic E-state index is 0.120. The number of hydrogen-bond donors (Lipinski definition) is 0. The Labute approximate surface area is 143 Å².